The number of ether oxygens (including phenoxy) is 1. The summed E-state index contributed by atoms with van der Waals surface area (Å²) >= 11 is 0. The zero-order valence-corrected chi connectivity index (χ0v) is 23.7. The number of carbonyl (C=O) groups is 1. The van der Waals surface area contributed by atoms with E-state index in [9.17, 15) is 13.6 Å². The molecule has 0 saturated carbocycles. The fourth-order valence-corrected chi connectivity index (χ4v) is 5.59. The highest BCUT2D eigenvalue weighted by molar-refractivity contribution is 5.95. The van der Waals surface area contributed by atoms with Crippen molar-refractivity contribution in [3.63, 3.8) is 0 Å². The van der Waals surface area contributed by atoms with Crippen LogP contribution >= 0.6 is 0 Å². The highest BCUT2D eigenvalue weighted by Crippen LogP contribution is 2.26. The quantitative estimate of drug-likeness (QED) is 0.232. The van der Waals surface area contributed by atoms with Gasteiger partial charge in [0.1, 0.15) is 11.6 Å². The number of nitrogens with two attached hydrogens (primary N) is 1. The Morgan fingerprint density at radius 3 is 2.75 bits per heavy atom. The number of furan rings is 1. The summed E-state index contributed by atoms with van der Waals surface area (Å²) in [6.07, 6.45) is 3.25. The number of aromatic nitrogens is 6. The molecular weight excluding hydrogens is 576 g/mol. The molecule has 0 radical (unpaired) electrons. The number of hydrogen-bond donors (Lipinski definition) is 3. The van der Waals surface area contributed by atoms with E-state index in [0.29, 0.717) is 87.3 Å². The number of hydrogen-bond acceptors (Lipinski definition) is 11. The van der Waals surface area contributed by atoms with Crippen LogP contribution in [0.5, 0.6) is 0 Å². The fraction of sp³-hybridized carbons (Fsp3) is 0.393. The Labute approximate surface area is 249 Å². The smallest absolute Gasteiger partial charge is 0.254 e. The monoisotopic (exact) mass is 607 g/mol. The van der Waals surface area contributed by atoms with Crippen LogP contribution in [-0.4, -0.2) is 105 Å². The minimum Gasteiger partial charge on any atom is -0.461 e. The van der Waals surface area contributed by atoms with E-state index in [4.69, 9.17) is 14.9 Å². The van der Waals surface area contributed by atoms with E-state index in [1.807, 2.05) is 4.90 Å². The van der Waals surface area contributed by atoms with Gasteiger partial charge in [0.2, 0.25) is 11.8 Å². The molecule has 2 aliphatic heterocycles. The third-order valence-electron chi connectivity index (χ3n) is 7.97. The predicted molar refractivity (Wildman–Crippen MR) is 156 cm³/mol. The number of nitrogen functional groups attached to an aromatic ring is 1. The van der Waals surface area contributed by atoms with Crippen LogP contribution in [0, 0.1) is 11.6 Å². The number of carbonyl (C=O) groups excluding carboxylic acids is 1. The summed E-state index contributed by atoms with van der Waals surface area (Å²) in [5, 5.41) is 15.6. The minimum absolute atomic E-state index is 0.0551. The molecular formula is C28H31F2N11O3. The Hall–Kier alpha value is -4.67. The first kappa shape index (κ1) is 28.1. The summed E-state index contributed by atoms with van der Waals surface area (Å²) in [4.78, 5) is 25.9. The van der Waals surface area contributed by atoms with Crippen LogP contribution in [0.1, 0.15) is 10.4 Å². The van der Waals surface area contributed by atoms with E-state index < -0.39 is 17.5 Å². The fourth-order valence-electron chi connectivity index (χ4n) is 5.59. The van der Waals surface area contributed by atoms with E-state index in [2.05, 4.69) is 35.7 Å². The standard InChI is InChI=1S/C28H31F2N11O3/c29-20-13-21(30)22(12-18(20)27(42)33-14-17-16-43-11-3-32-17)39-7-4-38(5-8-39)6-9-40-25-19(15-34-40)26-35-24(23-2-1-10-44-23)37-41(26)28(31)36-25/h1-2,10,12-13,15,17,32H,3-9,11,14,16H2,(H2,31,36)(H,33,42). The maximum Gasteiger partial charge on any atom is 0.254 e. The van der Waals surface area contributed by atoms with Gasteiger partial charge in [-0.3, -0.25) is 9.69 Å². The molecule has 6 heterocycles. The summed E-state index contributed by atoms with van der Waals surface area (Å²) in [7, 11) is 0. The minimum atomic E-state index is -0.892. The van der Waals surface area contributed by atoms with E-state index in [1.165, 1.54) is 10.6 Å². The molecule has 4 aromatic heterocycles. The SMILES string of the molecule is Nc1nc2c(cnn2CCN2CCN(c3cc(C(=O)NCC4COCCN4)c(F)cc3F)CC2)c2nc(-c3ccco3)nn12. The number of piperazine rings is 1. The molecule has 5 aromatic rings. The Morgan fingerprint density at radius 2 is 1.98 bits per heavy atom. The van der Waals surface area contributed by atoms with Gasteiger partial charge in [-0.2, -0.15) is 14.6 Å². The number of fused-ring (bicyclic) bond motifs is 3. The molecule has 0 aliphatic carbocycles. The van der Waals surface area contributed by atoms with Crippen molar-refractivity contribution in [3.05, 3.63) is 53.9 Å². The zero-order valence-electron chi connectivity index (χ0n) is 23.7. The first-order chi connectivity index (χ1) is 21.4. The van der Waals surface area contributed by atoms with Gasteiger partial charge in [-0.05, 0) is 18.2 Å². The molecule has 14 nitrogen and oxygen atoms in total. The molecule has 1 unspecified atom stereocenters. The van der Waals surface area contributed by atoms with Crippen molar-refractivity contribution in [1.82, 2.24) is 44.9 Å². The Balaban J connectivity index is 0.988. The third-order valence-corrected chi connectivity index (χ3v) is 7.97. The Kier molecular flexibility index (Phi) is 7.53. The van der Waals surface area contributed by atoms with E-state index in [-0.39, 0.29) is 29.8 Å². The number of anilines is 2. The van der Waals surface area contributed by atoms with Gasteiger partial charge in [0.05, 0.1) is 48.9 Å². The van der Waals surface area contributed by atoms with Gasteiger partial charge >= 0.3 is 0 Å². The van der Waals surface area contributed by atoms with Gasteiger partial charge in [-0.15, -0.1) is 5.10 Å². The molecule has 230 valence electrons. The lowest BCUT2D eigenvalue weighted by atomic mass is 10.1. The highest BCUT2D eigenvalue weighted by Gasteiger charge is 2.24. The number of morpholine rings is 1. The third kappa shape index (κ3) is 5.42. The average molecular weight is 608 g/mol. The summed E-state index contributed by atoms with van der Waals surface area (Å²) < 4.78 is 43.5. The number of amides is 1. The van der Waals surface area contributed by atoms with Crippen LogP contribution in [-0.2, 0) is 11.3 Å². The van der Waals surface area contributed by atoms with Crippen LogP contribution in [0.2, 0.25) is 0 Å². The second kappa shape index (κ2) is 11.8. The summed E-state index contributed by atoms with van der Waals surface area (Å²) in [6.45, 7) is 5.55. The molecule has 0 bridgehead atoms. The van der Waals surface area contributed by atoms with Crippen molar-refractivity contribution < 1.29 is 22.7 Å². The van der Waals surface area contributed by atoms with Crippen molar-refractivity contribution in [2.75, 3.05) is 69.7 Å². The number of nitrogens with zero attached hydrogens (tertiary/aromatic N) is 8. The number of rotatable bonds is 8. The van der Waals surface area contributed by atoms with Crippen molar-refractivity contribution in [1.29, 1.82) is 0 Å². The molecule has 2 saturated heterocycles. The van der Waals surface area contributed by atoms with Crippen LogP contribution in [0.4, 0.5) is 20.4 Å². The molecule has 0 spiro atoms. The van der Waals surface area contributed by atoms with Crippen molar-refractivity contribution >= 4 is 34.2 Å². The first-order valence-electron chi connectivity index (χ1n) is 14.4. The van der Waals surface area contributed by atoms with Crippen molar-refractivity contribution in [2.24, 2.45) is 0 Å². The number of nitrogens with one attached hydrogen (secondary N) is 2. The average Bonchev–Trinajstić information content (AvgIpc) is 3.80. The van der Waals surface area contributed by atoms with Gasteiger partial charge in [-0.25, -0.2) is 18.4 Å². The molecule has 16 heteroatoms. The van der Waals surface area contributed by atoms with Crippen LogP contribution in [0.3, 0.4) is 0 Å². The molecule has 2 aliphatic rings. The summed E-state index contributed by atoms with van der Waals surface area (Å²) in [6, 6.07) is 5.56. The van der Waals surface area contributed by atoms with E-state index in [1.54, 1.807) is 29.3 Å². The molecule has 1 aromatic carbocycles. The van der Waals surface area contributed by atoms with Crippen LogP contribution < -0.4 is 21.3 Å². The number of halogens is 2. The first-order valence-corrected chi connectivity index (χ1v) is 14.4. The van der Waals surface area contributed by atoms with Gasteiger partial charge < -0.3 is 30.4 Å². The van der Waals surface area contributed by atoms with Gasteiger partial charge in [-0.1, -0.05) is 0 Å². The molecule has 4 N–H and O–H groups in total. The number of benzene rings is 1. The van der Waals surface area contributed by atoms with E-state index >= 15 is 0 Å². The molecule has 7 rings (SSSR count). The largest absolute Gasteiger partial charge is 0.461 e. The molecule has 1 amide bonds. The maximum absolute atomic E-state index is 14.9. The van der Waals surface area contributed by atoms with Crippen molar-refractivity contribution in [2.45, 2.75) is 12.6 Å². The zero-order chi connectivity index (χ0) is 30.2. The van der Waals surface area contributed by atoms with Crippen LogP contribution in [0.15, 0.2) is 41.1 Å². The van der Waals surface area contributed by atoms with Gasteiger partial charge in [0, 0.05) is 57.9 Å². The van der Waals surface area contributed by atoms with Gasteiger partial charge in [0.15, 0.2) is 17.1 Å². The summed E-state index contributed by atoms with van der Waals surface area (Å²) in [5.41, 5.74) is 7.36. The lowest BCUT2D eigenvalue weighted by molar-refractivity contribution is 0.0734. The topological polar surface area (TPSA) is 157 Å². The second-order valence-electron chi connectivity index (χ2n) is 10.8. The normalized spacial score (nSPS) is 18.0. The molecule has 44 heavy (non-hydrogen) atoms. The van der Waals surface area contributed by atoms with Gasteiger partial charge in [0.25, 0.3) is 5.91 Å². The lowest BCUT2D eigenvalue weighted by Crippen LogP contribution is -2.48. The van der Waals surface area contributed by atoms with E-state index in [0.717, 1.165) is 6.07 Å². The summed E-state index contributed by atoms with van der Waals surface area (Å²) in [5.74, 6) is -1.07. The predicted octanol–water partition coefficient (Wildman–Crippen LogP) is 1.13. The van der Waals surface area contributed by atoms with Crippen LogP contribution in [0.25, 0.3) is 28.3 Å². The Bertz CT molecular complexity index is 1790. The lowest BCUT2D eigenvalue weighted by Gasteiger charge is -2.36. The Morgan fingerprint density at radius 1 is 1.11 bits per heavy atom. The highest BCUT2D eigenvalue weighted by atomic mass is 19.1. The molecule has 2 fully saturated rings. The van der Waals surface area contributed by atoms with Crippen molar-refractivity contribution in [3.8, 4) is 11.6 Å². The maximum atomic E-state index is 14.9. The second-order valence-corrected chi connectivity index (χ2v) is 10.8. The molecule has 1 atom stereocenters.